The van der Waals surface area contributed by atoms with Gasteiger partial charge in [-0.1, -0.05) is 48.5 Å². The number of methoxy groups -OCH3 is 1. The minimum atomic E-state index is -4.15. The van der Waals surface area contributed by atoms with Gasteiger partial charge in [-0.05, 0) is 54.8 Å². The van der Waals surface area contributed by atoms with Crippen molar-refractivity contribution >= 4 is 27.5 Å². The summed E-state index contributed by atoms with van der Waals surface area (Å²) in [5.41, 5.74) is -1.36. The number of anilines is 1. The zero-order valence-electron chi connectivity index (χ0n) is 22.5. The first-order chi connectivity index (χ1) is 19.1. The lowest BCUT2D eigenvalue weighted by molar-refractivity contribution is -0.171. The molecule has 4 fully saturated rings. The van der Waals surface area contributed by atoms with Crippen molar-refractivity contribution in [3.8, 4) is 5.75 Å². The van der Waals surface area contributed by atoms with E-state index in [1.165, 1.54) is 4.31 Å². The van der Waals surface area contributed by atoms with E-state index in [-0.39, 0.29) is 36.2 Å². The van der Waals surface area contributed by atoms with Gasteiger partial charge in [-0.15, -0.1) is 0 Å². The lowest BCUT2D eigenvalue weighted by atomic mass is 9.70. The maximum absolute atomic E-state index is 14.6. The number of amides is 2. The number of likely N-dealkylation sites (N-methyl/N-ethyl adjacent to an activating group) is 1. The third kappa shape index (κ3) is 2.82. The second kappa shape index (κ2) is 8.08. The average molecular weight is 559 g/mol. The number of piperazine rings is 1. The summed E-state index contributed by atoms with van der Waals surface area (Å²) in [4.78, 5) is 32.2. The van der Waals surface area contributed by atoms with Crippen LogP contribution in [-0.4, -0.2) is 74.5 Å². The van der Waals surface area contributed by atoms with Gasteiger partial charge in [0.05, 0.1) is 23.1 Å². The topological polar surface area (TPSA) is 99.3 Å². The monoisotopic (exact) mass is 558 g/mol. The SMILES string of the molecule is COc1ccc([C@]23C[C@@]45CNC[C@@](C)(C(=O)N4[C@H]2N(S(=O)(=O)c2ccccc2)c2ccccc23)N(C)C5=O)cc1. The molecule has 1 spiro atoms. The molecular formula is C30H30N4O5S. The lowest BCUT2D eigenvalue weighted by Crippen LogP contribution is -2.75. The Bertz CT molecular complexity index is 1660. The fourth-order valence-electron chi connectivity index (χ4n) is 7.42. The summed E-state index contributed by atoms with van der Waals surface area (Å²) in [6.45, 7) is 2.27. The van der Waals surface area contributed by atoms with Crippen LogP contribution in [0.25, 0.3) is 0 Å². The maximum atomic E-state index is 14.6. The first-order valence-corrected chi connectivity index (χ1v) is 14.7. The molecule has 4 atom stereocenters. The molecule has 206 valence electrons. The Labute approximate surface area is 233 Å². The number of fused-ring (bicyclic) bond motifs is 6. The third-order valence-electron chi connectivity index (χ3n) is 9.48. The normalized spacial score (nSPS) is 30.7. The van der Waals surface area contributed by atoms with E-state index in [9.17, 15) is 18.0 Å². The largest absolute Gasteiger partial charge is 0.497 e. The van der Waals surface area contributed by atoms with Gasteiger partial charge in [0.2, 0.25) is 0 Å². The van der Waals surface area contributed by atoms with E-state index in [0.717, 1.165) is 11.1 Å². The minimum absolute atomic E-state index is 0.122. The Balaban J connectivity index is 1.57. The second-order valence-corrected chi connectivity index (χ2v) is 13.1. The number of sulfonamides is 1. The molecule has 5 aliphatic rings. The molecule has 4 saturated heterocycles. The molecular weight excluding hydrogens is 528 g/mol. The number of hydrogen-bond donors (Lipinski definition) is 1. The van der Waals surface area contributed by atoms with Crippen LogP contribution in [0.4, 0.5) is 5.69 Å². The number of nitrogens with zero attached hydrogens (tertiary/aromatic N) is 3. The summed E-state index contributed by atoms with van der Waals surface area (Å²) in [6, 6.07) is 23.2. The van der Waals surface area contributed by atoms with Gasteiger partial charge in [0.1, 0.15) is 23.0 Å². The Morgan fingerprint density at radius 3 is 2.27 bits per heavy atom. The first kappa shape index (κ1) is 25.1. The molecule has 0 aromatic heterocycles. The summed E-state index contributed by atoms with van der Waals surface area (Å²) in [7, 11) is -0.890. The molecule has 0 aliphatic carbocycles. The van der Waals surface area contributed by atoms with Gasteiger partial charge in [-0.2, -0.15) is 0 Å². The Morgan fingerprint density at radius 1 is 0.900 bits per heavy atom. The average Bonchev–Trinajstić information content (AvgIpc) is 3.36. The highest BCUT2D eigenvalue weighted by Crippen LogP contribution is 2.63. The van der Waals surface area contributed by atoms with E-state index in [1.807, 2.05) is 42.5 Å². The number of para-hydroxylation sites is 1. The highest BCUT2D eigenvalue weighted by Gasteiger charge is 2.76. The Hall–Kier alpha value is -3.89. The molecule has 10 heteroatoms. The van der Waals surface area contributed by atoms with Gasteiger partial charge >= 0.3 is 0 Å². The van der Waals surface area contributed by atoms with Crippen molar-refractivity contribution in [2.45, 2.75) is 40.9 Å². The number of ether oxygens (including phenoxy) is 1. The molecule has 2 amide bonds. The van der Waals surface area contributed by atoms with Crippen molar-refractivity contribution in [3.63, 3.8) is 0 Å². The highest BCUT2D eigenvalue weighted by molar-refractivity contribution is 7.92. The molecule has 2 bridgehead atoms. The number of nitrogens with one attached hydrogen (secondary N) is 1. The molecule has 3 aromatic rings. The summed E-state index contributed by atoms with van der Waals surface area (Å²) in [5, 5.41) is 3.38. The molecule has 9 nitrogen and oxygen atoms in total. The molecule has 5 heterocycles. The predicted molar refractivity (Wildman–Crippen MR) is 148 cm³/mol. The van der Waals surface area contributed by atoms with E-state index in [2.05, 4.69) is 5.32 Å². The van der Waals surface area contributed by atoms with Gasteiger partial charge < -0.3 is 19.9 Å². The van der Waals surface area contributed by atoms with Crippen molar-refractivity contribution in [3.05, 3.63) is 90.0 Å². The van der Waals surface area contributed by atoms with E-state index in [1.54, 1.807) is 67.3 Å². The fraction of sp³-hybridized carbons (Fsp3) is 0.333. The standard InChI is InChI=1S/C30H30N4O5S/c1-28-18-31-19-29(27(36)32(28)2)17-30(20-13-15-21(39-3)16-14-20)23-11-7-8-12-24(23)34(25(30)33(29)26(28)35)40(37,38)22-9-5-4-6-10-22/h4-16,25,31H,17-19H2,1-3H3/t25-,28-,29-,30-/m0/s1. The minimum Gasteiger partial charge on any atom is -0.497 e. The maximum Gasteiger partial charge on any atom is 0.266 e. The van der Waals surface area contributed by atoms with E-state index < -0.39 is 32.7 Å². The third-order valence-corrected chi connectivity index (χ3v) is 11.3. The molecule has 5 aliphatic heterocycles. The number of rotatable bonds is 4. The summed E-state index contributed by atoms with van der Waals surface area (Å²) in [6.07, 6.45) is -0.764. The van der Waals surface area contributed by atoms with Gasteiger partial charge in [0.25, 0.3) is 21.8 Å². The van der Waals surface area contributed by atoms with Crippen molar-refractivity contribution in [2.75, 3.05) is 31.6 Å². The quantitative estimate of drug-likeness (QED) is 0.528. The molecule has 0 radical (unpaired) electrons. The second-order valence-electron chi connectivity index (χ2n) is 11.3. The zero-order chi connectivity index (χ0) is 28.1. The predicted octanol–water partition coefficient (Wildman–Crippen LogP) is 2.32. The van der Waals surface area contributed by atoms with Crippen LogP contribution in [0, 0.1) is 0 Å². The Kier molecular flexibility index (Phi) is 5.07. The van der Waals surface area contributed by atoms with E-state index >= 15 is 0 Å². The van der Waals surface area contributed by atoms with Crippen LogP contribution in [0.5, 0.6) is 5.75 Å². The number of benzene rings is 3. The summed E-state index contributed by atoms with van der Waals surface area (Å²) < 4.78 is 36.0. The Morgan fingerprint density at radius 2 is 1.57 bits per heavy atom. The van der Waals surface area contributed by atoms with Crippen LogP contribution in [0.1, 0.15) is 24.5 Å². The number of carbonyl (C=O) groups is 2. The molecule has 8 rings (SSSR count). The van der Waals surface area contributed by atoms with Crippen molar-refractivity contribution in [2.24, 2.45) is 0 Å². The van der Waals surface area contributed by atoms with Gasteiger partial charge in [-0.3, -0.25) is 9.59 Å². The fourth-order valence-corrected chi connectivity index (χ4v) is 9.11. The first-order valence-electron chi connectivity index (χ1n) is 13.3. The van der Waals surface area contributed by atoms with Crippen LogP contribution in [-0.2, 0) is 25.0 Å². The summed E-state index contributed by atoms with van der Waals surface area (Å²) in [5.74, 6) is 0.210. The summed E-state index contributed by atoms with van der Waals surface area (Å²) >= 11 is 0. The van der Waals surface area contributed by atoms with Gasteiger partial charge in [0.15, 0.2) is 0 Å². The van der Waals surface area contributed by atoms with E-state index in [4.69, 9.17) is 4.74 Å². The molecule has 3 aromatic carbocycles. The van der Waals surface area contributed by atoms with Crippen LogP contribution in [0.3, 0.4) is 0 Å². The van der Waals surface area contributed by atoms with Crippen LogP contribution in [0.15, 0.2) is 83.8 Å². The van der Waals surface area contributed by atoms with Gasteiger partial charge in [0, 0.05) is 20.1 Å². The molecule has 0 saturated carbocycles. The van der Waals surface area contributed by atoms with Gasteiger partial charge in [-0.25, -0.2) is 12.7 Å². The van der Waals surface area contributed by atoms with Crippen LogP contribution in [0.2, 0.25) is 0 Å². The van der Waals surface area contributed by atoms with Crippen molar-refractivity contribution < 1.29 is 22.7 Å². The van der Waals surface area contributed by atoms with Crippen LogP contribution >= 0.6 is 0 Å². The molecule has 0 unspecified atom stereocenters. The highest BCUT2D eigenvalue weighted by atomic mass is 32.2. The van der Waals surface area contributed by atoms with Crippen LogP contribution < -0.4 is 14.4 Å². The molecule has 40 heavy (non-hydrogen) atoms. The van der Waals surface area contributed by atoms with E-state index in [0.29, 0.717) is 11.4 Å². The van der Waals surface area contributed by atoms with Crippen molar-refractivity contribution in [1.29, 1.82) is 0 Å². The lowest BCUT2D eigenvalue weighted by Gasteiger charge is -2.51. The number of carbonyl (C=O) groups excluding carboxylic acids is 2. The molecule has 1 N–H and O–H groups in total. The van der Waals surface area contributed by atoms with Crippen molar-refractivity contribution in [1.82, 2.24) is 15.1 Å². The number of hydrogen-bond acceptors (Lipinski definition) is 6. The zero-order valence-corrected chi connectivity index (χ0v) is 23.3. The smallest absolute Gasteiger partial charge is 0.266 e.